The Labute approximate surface area is 168 Å². The second-order valence-electron chi connectivity index (χ2n) is 6.11. The molecule has 146 valence electrons. The Hall–Kier alpha value is -3.93. The van der Waals surface area contributed by atoms with Crippen LogP contribution in [0.5, 0.6) is 5.88 Å². The monoisotopic (exact) mass is 388 g/mol. The molecule has 0 aliphatic carbocycles. The van der Waals surface area contributed by atoms with Crippen LogP contribution in [-0.2, 0) is 22.7 Å². The summed E-state index contributed by atoms with van der Waals surface area (Å²) in [6.07, 6.45) is 2.90. The number of aldehydes is 1. The summed E-state index contributed by atoms with van der Waals surface area (Å²) in [5.41, 5.74) is 2.61. The van der Waals surface area contributed by atoms with Crippen molar-refractivity contribution in [2.45, 2.75) is 13.2 Å². The van der Waals surface area contributed by atoms with Gasteiger partial charge >= 0.3 is 6.09 Å². The lowest BCUT2D eigenvalue weighted by atomic mass is 10.2. The van der Waals surface area contributed by atoms with Gasteiger partial charge in [-0.3, -0.25) is 10.1 Å². The minimum Gasteiger partial charge on any atom is -0.473 e. The van der Waals surface area contributed by atoms with Crippen LogP contribution in [0.2, 0.25) is 0 Å². The highest BCUT2D eigenvalue weighted by atomic mass is 16.5. The number of aromatic nitrogens is 1. The van der Waals surface area contributed by atoms with Crippen LogP contribution in [-0.4, -0.2) is 17.4 Å². The summed E-state index contributed by atoms with van der Waals surface area (Å²) in [5, 5.41) is 2.42. The van der Waals surface area contributed by atoms with Crippen molar-refractivity contribution in [3.05, 3.63) is 101 Å². The van der Waals surface area contributed by atoms with Gasteiger partial charge in [-0.15, -0.1) is 0 Å². The molecule has 3 aromatic rings. The molecule has 0 aliphatic heterocycles. The van der Waals surface area contributed by atoms with Crippen LogP contribution in [0.1, 0.15) is 16.7 Å². The number of carbonyl (C=O) groups excluding carboxylic acids is 2. The molecule has 0 bridgehead atoms. The molecule has 0 radical (unpaired) electrons. The van der Waals surface area contributed by atoms with Crippen molar-refractivity contribution < 1.29 is 19.1 Å². The Morgan fingerprint density at radius 1 is 0.897 bits per heavy atom. The van der Waals surface area contributed by atoms with Crippen LogP contribution in [0, 0.1) is 0 Å². The minimum absolute atomic E-state index is 0.0721. The maximum atomic E-state index is 11.9. The number of benzene rings is 2. The molecule has 0 unspecified atom stereocenters. The first-order chi connectivity index (χ1) is 14.2. The first-order valence-electron chi connectivity index (χ1n) is 9.00. The zero-order valence-electron chi connectivity index (χ0n) is 15.7. The summed E-state index contributed by atoms with van der Waals surface area (Å²) < 4.78 is 10.7. The number of allylic oxidation sites excluding steroid dienone is 1. The fraction of sp³-hybridized carbons (Fsp3) is 0.0870. The molecule has 0 saturated heterocycles. The van der Waals surface area contributed by atoms with E-state index in [0.717, 1.165) is 11.1 Å². The highest BCUT2D eigenvalue weighted by Crippen LogP contribution is 2.12. The van der Waals surface area contributed by atoms with Crippen molar-refractivity contribution in [2.24, 2.45) is 0 Å². The quantitative estimate of drug-likeness (QED) is 0.464. The molecule has 1 amide bonds. The lowest BCUT2D eigenvalue weighted by Gasteiger charge is -2.07. The molecule has 1 heterocycles. The van der Waals surface area contributed by atoms with E-state index in [9.17, 15) is 9.59 Å². The van der Waals surface area contributed by atoms with E-state index in [1.54, 1.807) is 18.3 Å². The van der Waals surface area contributed by atoms with Gasteiger partial charge in [-0.05, 0) is 28.8 Å². The van der Waals surface area contributed by atoms with E-state index in [2.05, 4.69) is 10.3 Å². The van der Waals surface area contributed by atoms with E-state index in [4.69, 9.17) is 9.47 Å². The second kappa shape index (κ2) is 10.4. The number of hydrogen-bond acceptors (Lipinski definition) is 5. The molecule has 3 rings (SSSR count). The van der Waals surface area contributed by atoms with Crippen LogP contribution in [0.4, 0.5) is 4.79 Å². The highest BCUT2D eigenvalue weighted by molar-refractivity contribution is 5.87. The van der Waals surface area contributed by atoms with E-state index in [-0.39, 0.29) is 12.3 Å². The molecule has 29 heavy (non-hydrogen) atoms. The molecule has 0 spiro atoms. The van der Waals surface area contributed by atoms with E-state index >= 15 is 0 Å². The number of nitrogens with one attached hydrogen (secondary N) is 1. The number of carbonyl (C=O) groups is 2. The van der Waals surface area contributed by atoms with Crippen molar-refractivity contribution in [1.82, 2.24) is 10.3 Å². The zero-order chi connectivity index (χ0) is 20.3. The Morgan fingerprint density at radius 3 is 2.14 bits per heavy atom. The summed E-state index contributed by atoms with van der Waals surface area (Å²) in [6.45, 7) is 0.533. The number of rotatable bonds is 8. The van der Waals surface area contributed by atoms with Gasteiger partial charge in [0, 0.05) is 12.3 Å². The lowest BCUT2D eigenvalue weighted by Crippen LogP contribution is -2.24. The molecular weight excluding hydrogens is 368 g/mol. The first kappa shape index (κ1) is 19.8. The van der Waals surface area contributed by atoms with Crippen LogP contribution < -0.4 is 10.1 Å². The maximum absolute atomic E-state index is 11.9. The lowest BCUT2D eigenvalue weighted by molar-refractivity contribution is -0.105. The number of hydrogen-bond donors (Lipinski definition) is 1. The molecule has 2 aromatic carbocycles. The molecule has 1 N–H and O–H groups in total. The SMILES string of the molecule is O=C/C(=C/c1ccc(OCc2ccccc2)nc1)NC(=O)OCc1ccccc1. The van der Waals surface area contributed by atoms with Crippen molar-refractivity contribution >= 4 is 18.5 Å². The van der Waals surface area contributed by atoms with E-state index in [1.807, 2.05) is 60.7 Å². The van der Waals surface area contributed by atoms with Crippen molar-refractivity contribution in [1.29, 1.82) is 0 Å². The molecule has 0 saturated carbocycles. The van der Waals surface area contributed by atoms with Gasteiger partial charge in [-0.25, -0.2) is 9.78 Å². The maximum Gasteiger partial charge on any atom is 0.412 e. The number of nitrogens with zero attached hydrogens (tertiary/aromatic N) is 1. The first-order valence-corrected chi connectivity index (χ1v) is 9.00. The van der Waals surface area contributed by atoms with Crippen molar-refractivity contribution in [3.63, 3.8) is 0 Å². The standard InChI is InChI=1S/C23H20N2O4/c26-15-21(25-23(27)29-17-19-9-5-2-6-10-19)13-20-11-12-22(24-14-20)28-16-18-7-3-1-4-8-18/h1-15H,16-17H2,(H,25,27)/b21-13-. The van der Waals surface area contributed by atoms with Crippen molar-refractivity contribution in [2.75, 3.05) is 0 Å². The Bertz CT molecular complexity index is 955. The van der Waals surface area contributed by atoms with E-state index in [0.29, 0.717) is 24.3 Å². The summed E-state index contributed by atoms with van der Waals surface area (Å²) in [7, 11) is 0. The van der Waals surface area contributed by atoms with E-state index in [1.165, 1.54) is 6.08 Å². The summed E-state index contributed by atoms with van der Waals surface area (Å²) in [4.78, 5) is 27.4. The van der Waals surface area contributed by atoms with Gasteiger partial charge in [0.15, 0.2) is 6.29 Å². The molecule has 6 heteroatoms. The van der Waals surface area contributed by atoms with Gasteiger partial charge in [0.1, 0.15) is 13.2 Å². The van der Waals surface area contributed by atoms with Gasteiger partial charge < -0.3 is 9.47 Å². The average Bonchev–Trinajstić information content (AvgIpc) is 2.78. The Balaban J connectivity index is 1.52. The number of pyridine rings is 1. The third kappa shape index (κ3) is 6.62. The largest absolute Gasteiger partial charge is 0.473 e. The second-order valence-corrected chi connectivity index (χ2v) is 6.11. The number of amides is 1. The minimum atomic E-state index is -0.706. The number of ether oxygens (including phenoxy) is 2. The molecule has 1 aromatic heterocycles. The van der Waals surface area contributed by atoms with Gasteiger partial charge in [-0.2, -0.15) is 0 Å². The van der Waals surface area contributed by atoms with Gasteiger partial charge in [0.2, 0.25) is 5.88 Å². The molecule has 0 atom stereocenters. The average molecular weight is 388 g/mol. The zero-order valence-corrected chi connectivity index (χ0v) is 15.7. The normalized spacial score (nSPS) is 10.8. The topological polar surface area (TPSA) is 77.5 Å². The molecule has 0 fully saturated rings. The van der Waals surface area contributed by atoms with Crippen LogP contribution in [0.3, 0.4) is 0 Å². The summed E-state index contributed by atoms with van der Waals surface area (Å²) in [5.74, 6) is 0.467. The fourth-order valence-electron chi connectivity index (χ4n) is 2.45. The summed E-state index contributed by atoms with van der Waals surface area (Å²) in [6, 6.07) is 22.5. The third-order valence-corrected chi connectivity index (χ3v) is 3.90. The predicted octanol–water partition coefficient (Wildman–Crippen LogP) is 4.13. The fourth-order valence-corrected chi connectivity index (χ4v) is 2.45. The van der Waals surface area contributed by atoms with Gasteiger partial charge in [0.05, 0.1) is 5.70 Å². The van der Waals surface area contributed by atoms with Crippen molar-refractivity contribution in [3.8, 4) is 5.88 Å². The smallest absolute Gasteiger partial charge is 0.412 e. The van der Waals surface area contributed by atoms with Gasteiger partial charge in [0.25, 0.3) is 0 Å². The van der Waals surface area contributed by atoms with Crippen LogP contribution in [0.15, 0.2) is 84.7 Å². The summed E-state index contributed by atoms with van der Waals surface area (Å²) >= 11 is 0. The molecule has 6 nitrogen and oxygen atoms in total. The Kier molecular flexibility index (Phi) is 7.12. The van der Waals surface area contributed by atoms with Gasteiger partial charge in [-0.1, -0.05) is 60.7 Å². The molecular formula is C23H20N2O4. The van der Waals surface area contributed by atoms with Crippen LogP contribution >= 0.6 is 0 Å². The Morgan fingerprint density at radius 2 is 1.55 bits per heavy atom. The predicted molar refractivity (Wildman–Crippen MR) is 109 cm³/mol. The molecule has 0 aliphatic rings. The number of alkyl carbamates (subject to hydrolysis) is 1. The van der Waals surface area contributed by atoms with E-state index < -0.39 is 6.09 Å². The third-order valence-electron chi connectivity index (χ3n) is 3.90. The van der Waals surface area contributed by atoms with Crippen LogP contribution in [0.25, 0.3) is 6.08 Å². The highest BCUT2D eigenvalue weighted by Gasteiger charge is 2.06.